The number of amides is 1. The van der Waals surface area contributed by atoms with Gasteiger partial charge in [-0.25, -0.2) is 4.79 Å². The number of nitro groups is 1. The maximum atomic E-state index is 12.2. The number of benzene rings is 1. The highest BCUT2D eigenvalue weighted by Crippen LogP contribution is 2.38. The Morgan fingerprint density at radius 1 is 1.35 bits per heavy atom. The third kappa shape index (κ3) is 3.75. The number of nitro benzene ring substituents is 1. The first-order valence-corrected chi connectivity index (χ1v) is 8.40. The normalized spacial score (nSPS) is 11.9. The van der Waals surface area contributed by atoms with E-state index in [0.717, 1.165) is 11.6 Å². The molecule has 26 heavy (non-hydrogen) atoms. The molecule has 0 aliphatic carbocycles. The first-order valence-electron chi connectivity index (χ1n) is 7.46. The second-order valence-corrected chi connectivity index (χ2v) is 6.22. The number of ether oxygens (including phenoxy) is 3. The zero-order valence-electron chi connectivity index (χ0n) is 13.7. The molecule has 0 saturated carbocycles. The Labute approximate surface area is 151 Å². The smallest absolute Gasteiger partial charge is 0.345 e. The minimum atomic E-state index is -0.979. The molecule has 0 N–H and O–H groups in total. The first-order chi connectivity index (χ1) is 12.5. The highest BCUT2D eigenvalue weighted by atomic mass is 32.1. The van der Waals surface area contributed by atoms with E-state index in [4.69, 9.17) is 14.2 Å². The average molecular weight is 378 g/mol. The molecule has 1 aromatic heterocycles. The molecule has 136 valence electrons. The molecule has 0 fully saturated rings. The fraction of sp³-hybridized carbons (Fsp3) is 0.250. The lowest BCUT2D eigenvalue weighted by Crippen LogP contribution is -2.30. The van der Waals surface area contributed by atoms with E-state index in [1.807, 2.05) is 16.8 Å². The van der Waals surface area contributed by atoms with Crippen LogP contribution in [0.25, 0.3) is 0 Å². The number of hydrogen-bond acceptors (Lipinski definition) is 8. The summed E-state index contributed by atoms with van der Waals surface area (Å²) in [6.45, 7) is -0.230. The molecule has 0 atom stereocenters. The number of nitrogens with zero attached hydrogens (tertiary/aromatic N) is 2. The van der Waals surface area contributed by atoms with Crippen LogP contribution in [0.2, 0.25) is 0 Å². The molecule has 1 aliphatic rings. The highest BCUT2D eigenvalue weighted by molar-refractivity contribution is 7.07. The van der Waals surface area contributed by atoms with Crippen LogP contribution in [0.3, 0.4) is 0 Å². The van der Waals surface area contributed by atoms with Crippen LogP contribution in [0.4, 0.5) is 5.69 Å². The predicted octanol–water partition coefficient (Wildman–Crippen LogP) is 2.20. The molecule has 9 nitrogen and oxygen atoms in total. The molecule has 3 rings (SSSR count). The Morgan fingerprint density at radius 3 is 2.73 bits per heavy atom. The Balaban J connectivity index is 1.66. The molecule has 1 aliphatic heterocycles. The molecule has 2 heterocycles. The molecule has 1 aromatic carbocycles. The number of esters is 1. The number of thiophene rings is 1. The quantitative estimate of drug-likeness (QED) is 0.431. The monoisotopic (exact) mass is 378 g/mol. The molecule has 2 aromatic rings. The minimum Gasteiger partial charge on any atom is -0.454 e. The van der Waals surface area contributed by atoms with E-state index in [2.05, 4.69) is 0 Å². The SMILES string of the molecule is CN(Cc1ccsc1)C(=O)COC(=O)c1cc2c(cc1[N+](=O)[O-])OCO2. The van der Waals surface area contributed by atoms with Crippen LogP contribution in [-0.4, -0.2) is 42.1 Å². The maximum Gasteiger partial charge on any atom is 0.345 e. The molecular formula is C16H14N2O7S. The summed E-state index contributed by atoms with van der Waals surface area (Å²) in [7, 11) is 1.58. The van der Waals surface area contributed by atoms with Gasteiger partial charge in [0.25, 0.3) is 11.6 Å². The summed E-state index contributed by atoms with van der Waals surface area (Å²) < 4.78 is 15.1. The summed E-state index contributed by atoms with van der Waals surface area (Å²) in [6.07, 6.45) is 0. The van der Waals surface area contributed by atoms with Crippen molar-refractivity contribution in [2.24, 2.45) is 0 Å². The van der Waals surface area contributed by atoms with Crippen LogP contribution in [0.15, 0.2) is 29.0 Å². The third-order valence-electron chi connectivity index (χ3n) is 3.66. The summed E-state index contributed by atoms with van der Waals surface area (Å²) in [6, 6.07) is 4.17. The van der Waals surface area contributed by atoms with Crippen molar-refractivity contribution in [3.8, 4) is 11.5 Å². The molecular weight excluding hydrogens is 364 g/mol. The number of likely N-dealkylation sites (N-methyl/N-ethyl adjacent to an activating group) is 1. The largest absolute Gasteiger partial charge is 0.454 e. The van der Waals surface area contributed by atoms with E-state index < -0.39 is 29.1 Å². The van der Waals surface area contributed by atoms with Crippen LogP contribution in [0.5, 0.6) is 11.5 Å². The number of rotatable bonds is 6. The Morgan fingerprint density at radius 2 is 2.08 bits per heavy atom. The van der Waals surface area contributed by atoms with Gasteiger partial charge in [-0.2, -0.15) is 11.3 Å². The first kappa shape index (κ1) is 17.7. The molecule has 0 saturated heterocycles. The molecule has 0 spiro atoms. The van der Waals surface area contributed by atoms with Gasteiger partial charge in [0.2, 0.25) is 6.79 Å². The number of carbonyl (C=O) groups is 2. The molecule has 1 amide bonds. The van der Waals surface area contributed by atoms with Crippen molar-refractivity contribution in [3.05, 3.63) is 50.2 Å². The number of hydrogen-bond donors (Lipinski definition) is 0. The number of fused-ring (bicyclic) bond motifs is 1. The second-order valence-electron chi connectivity index (χ2n) is 5.44. The zero-order valence-corrected chi connectivity index (χ0v) is 14.5. The summed E-state index contributed by atoms with van der Waals surface area (Å²) in [5.41, 5.74) is 0.189. The summed E-state index contributed by atoms with van der Waals surface area (Å²) in [5.74, 6) is -1.01. The van der Waals surface area contributed by atoms with E-state index in [-0.39, 0.29) is 23.9 Å². The lowest BCUT2D eigenvalue weighted by atomic mass is 10.1. The lowest BCUT2D eigenvalue weighted by molar-refractivity contribution is -0.385. The van der Waals surface area contributed by atoms with Gasteiger partial charge in [0.05, 0.1) is 11.0 Å². The van der Waals surface area contributed by atoms with Crippen molar-refractivity contribution in [3.63, 3.8) is 0 Å². The van der Waals surface area contributed by atoms with Crippen LogP contribution >= 0.6 is 11.3 Å². The van der Waals surface area contributed by atoms with Gasteiger partial charge in [-0.3, -0.25) is 14.9 Å². The third-order valence-corrected chi connectivity index (χ3v) is 4.39. The number of carbonyl (C=O) groups excluding carboxylic acids is 2. The van der Waals surface area contributed by atoms with Crippen LogP contribution in [0, 0.1) is 10.1 Å². The minimum absolute atomic E-state index is 0.0865. The average Bonchev–Trinajstić information content (AvgIpc) is 3.28. The summed E-state index contributed by atoms with van der Waals surface area (Å²) in [4.78, 5) is 36.2. The van der Waals surface area contributed by atoms with Crippen LogP contribution in [-0.2, 0) is 16.1 Å². The molecule has 0 unspecified atom stereocenters. The summed E-state index contributed by atoms with van der Waals surface area (Å²) >= 11 is 1.51. The van der Waals surface area contributed by atoms with Crippen molar-refractivity contribution < 1.29 is 28.7 Å². The van der Waals surface area contributed by atoms with Crippen molar-refractivity contribution in [2.45, 2.75) is 6.54 Å². The topological polar surface area (TPSA) is 108 Å². The molecule has 0 radical (unpaired) electrons. The fourth-order valence-corrected chi connectivity index (χ4v) is 2.97. The lowest BCUT2D eigenvalue weighted by Gasteiger charge is -2.16. The Kier molecular flexibility index (Phi) is 5.03. The van der Waals surface area contributed by atoms with Gasteiger partial charge in [0.15, 0.2) is 18.1 Å². The van der Waals surface area contributed by atoms with Gasteiger partial charge in [-0.15, -0.1) is 0 Å². The Bertz CT molecular complexity index is 851. The van der Waals surface area contributed by atoms with E-state index in [0.29, 0.717) is 6.54 Å². The van der Waals surface area contributed by atoms with E-state index in [9.17, 15) is 19.7 Å². The van der Waals surface area contributed by atoms with Crippen LogP contribution < -0.4 is 9.47 Å². The van der Waals surface area contributed by atoms with Gasteiger partial charge in [-0.05, 0) is 22.4 Å². The van der Waals surface area contributed by atoms with Crippen molar-refractivity contribution in [1.29, 1.82) is 0 Å². The van der Waals surface area contributed by atoms with Crippen LogP contribution in [0.1, 0.15) is 15.9 Å². The van der Waals surface area contributed by atoms with Crippen molar-refractivity contribution in [1.82, 2.24) is 4.90 Å². The van der Waals surface area contributed by atoms with Gasteiger partial charge >= 0.3 is 5.97 Å². The van der Waals surface area contributed by atoms with E-state index >= 15 is 0 Å². The van der Waals surface area contributed by atoms with Gasteiger partial charge in [0, 0.05) is 19.7 Å². The molecule has 0 bridgehead atoms. The van der Waals surface area contributed by atoms with Crippen molar-refractivity contribution in [2.75, 3.05) is 20.4 Å². The van der Waals surface area contributed by atoms with E-state index in [1.54, 1.807) is 7.05 Å². The second kappa shape index (κ2) is 7.40. The highest BCUT2D eigenvalue weighted by Gasteiger charge is 2.28. The fourth-order valence-electron chi connectivity index (χ4n) is 2.31. The van der Waals surface area contributed by atoms with Gasteiger partial charge in [0.1, 0.15) is 5.56 Å². The summed E-state index contributed by atoms with van der Waals surface area (Å²) in [5, 5.41) is 15.0. The molecule has 10 heteroatoms. The van der Waals surface area contributed by atoms with Gasteiger partial charge < -0.3 is 19.1 Å². The zero-order chi connectivity index (χ0) is 18.7. The Hall–Kier alpha value is -3.14. The van der Waals surface area contributed by atoms with Crippen molar-refractivity contribution >= 4 is 28.9 Å². The maximum absolute atomic E-state index is 12.2. The van der Waals surface area contributed by atoms with Gasteiger partial charge in [-0.1, -0.05) is 0 Å². The standard InChI is InChI=1S/C16H14N2O7S/c1-17(6-10-2-3-26-8-10)15(19)7-23-16(20)11-4-13-14(25-9-24-13)5-12(11)18(21)22/h2-5,8H,6-7,9H2,1H3. The predicted molar refractivity (Wildman–Crippen MR) is 90.3 cm³/mol. The van der Waals surface area contributed by atoms with E-state index in [1.165, 1.54) is 22.3 Å².